The molecule has 0 fully saturated rings. The van der Waals surface area contributed by atoms with E-state index in [0.717, 1.165) is 31.9 Å². The van der Waals surface area contributed by atoms with Gasteiger partial charge in [-0.1, -0.05) is 26.7 Å². The average molecular weight is 253 g/mol. The second kappa shape index (κ2) is 8.97. The zero-order valence-electron chi connectivity index (χ0n) is 12.0. The highest BCUT2D eigenvalue weighted by atomic mass is 16.5. The van der Waals surface area contributed by atoms with Crippen molar-refractivity contribution < 1.29 is 4.74 Å². The van der Waals surface area contributed by atoms with Crippen LogP contribution in [-0.2, 0) is 6.54 Å². The highest BCUT2D eigenvalue weighted by Gasteiger charge is 1.98. The molecule has 0 aliphatic carbocycles. The first-order valence-electron chi connectivity index (χ1n) is 7.11. The van der Waals surface area contributed by atoms with Gasteiger partial charge in [-0.3, -0.25) is 4.68 Å². The molecule has 1 aromatic heterocycles. The van der Waals surface area contributed by atoms with Crippen LogP contribution in [0.5, 0.6) is 5.75 Å². The first-order chi connectivity index (χ1) is 8.72. The third kappa shape index (κ3) is 6.64. The van der Waals surface area contributed by atoms with Crippen molar-refractivity contribution in [3.8, 4) is 5.75 Å². The molecule has 1 aromatic rings. The van der Waals surface area contributed by atoms with Gasteiger partial charge in [0.2, 0.25) is 0 Å². The first-order valence-corrected chi connectivity index (χ1v) is 7.11. The zero-order valence-corrected chi connectivity index (χ0v) is 12.0. The monoisotopic (exact) mass is 253 g/mol. The van der Waals surface area contributed by atoms with Crippen molar-refractivity contribution in [2.45, 2.75) is 59.0 Å². The van der Waals surface area contributed by atoms with Gasteiger partial charge in [-0.15, -0.1) is 0 Å². The fourth-order valence-electron chi connectivity index (χ4n) is 1.75. The predicted molar refractivity (Wildman–Crippen MR) is 75.0 cm³/mol. The topological polar surface area (TPSA) is 39.1 Å². The molecule has 104 valence electrons. The molecule has 4 nitrogen and oxygen atoms in total. The molecule has 0 spiro atoms. The third-order valence-corrected chi connectivity index (χ3v) is 2.83. The number of nitrogens with zero attached hydrogens (tertiary/aromatic N) is 2. The molecule has 0 atom stereocenters. The number of aromatic nitrogens is 2. The Morgan fingerprint density at radius 1 is 1.28 bits per heavy atom. The van der Waals surface area contributed by atoms with E-state index in [4.69, 9.17) is 4.74 Å². The van der Waals surface area contributed by atoms with Gasteiger partial charge in [-0.25, -0.2) is 0 Å². The first kappa shape index (κ1) is 15.0. The van der Waals surface area contributed by atoms with Crippen molar-refractivity contribution in [3.63, 3.8) is 0 Å². The molecule has 0 radical (unpaired) electrons. The Morgan fingerprint density at radius 3 is 2.72 bits per heavy atom. The molecule has 0 bridgehead atoms. The van der Waals surface area contributed by atoms with Gasteiger partial charge in [-0.05, 0) is 26.3 Å². The summed E-state index contributed by atoms with van der Waals surface area (Å²) in [6, 6.07) is 0.600. The fourth-order valence-corrected chi connectivity index (χ4v) is 1.75. The van der Waals surface area contributed by atoms with E-state index in [1.54, 1.807) is 6.20 Å². The summed E-state index contributed by atoms with van der Waals surface area (Å²) in [7, 11) is 0. The number of rotatable bonds is 10. The molecule has 0 aromatic carbocycles. The van der Waals surface area contributed by atoms with Gasteiger partial charge in [0.25, 0.3) is 0 Å². The lowest BCUT2D eigenvalue weighted by Crippen LogP contribution is -2.23. The van der Waals surface area contributed by atoms with Crippen molar-refractivity contribution in [3.05, 3.63) is 12.4 Å². The number of hydrogen-bond acceptors (Lipinski definition) is 3. The maximum Gasteiger partial charge on any atom is 0.157 e. The Hall–Kier alpha value is -1.03. The largest absolute Gasteiger partial charge is 0.490 e. The van der Waals surface area contributed by atoms with Crippen LogP contribution in [-0.4, -0.2) is 29.0 Å². The normalized spacial score (nSPS) is 11.1. The summed E-state index contributed by atoms with van der Waals surface area (Å²) >= 11 is 0. The highest BCUT2D eigenvalue weighted by molar-refractivity contribution is 5.11. The minimum atomic E-state index is 0.600. The zero-order chi connectivity index (χ0) is 13.2. The molecule has 1 heterocycles. The van der Waals surface area contributed by atoms with Crippen molar-refractivity contribution >= 4 is 0 Å². The van der Waals surface area contributed by atoms with Crippen molar-refractivity contribution in [1.29, 1.82) is 0 Å². The van der Waals surface area contributed by atoms with Gasteiger partial charge in [0, 0.05) is 12.6 Å². The molecule has 0 amide bonds. The minimum absolute atomic E-state index is 0.600. The van der Waals surface area contributed by atoms with Crippen LogP contribution in [0.3, 0.4) is 0 Å². The smallest absolute Gasteiger partial charge is 0.157 e. The van der Waals surface area contributed by atoms with Crippen LogP contribution < -0.4 is 10.1 Å². The Balaban J connectivity index is 1.92. The Bertz CT molecular complexity index is 310. The van der Waals surface area contributed by atoms with Crippen LogP contribution in [0.2, 0.25) is 0 Å². The molecule has 4 heteroatoms. The van der Waals surface area contributed by atoms with Gasteiger partial charge in [-0.2, -0.15) is 5.10 Å². The summed E-state index contributed by atoms with van der Waals surface area (Å²) in [6.45, 7) is 9.26. The molecule has 0 aliphatic heterocycles. The third-order valence-electron chi connectivity index (χ3n) is 2.83. The lowest BCUT2D eigenvalue weighted by Gasteiger charge is -2.07. The van der Waals surface area contributed by atoms with Gasteiger partial charge in [0.05, 0.1) is 19.0 Å². The SMILES string of the molecule is CCn1cc(OCCCCCCNC(C)C)cn1. The summed E-state index contributed by atoms with van der Waals surface area (Å²) in [5.74, 6) is 0.887. The molecule has 18 heavy (non-hydrogen) atoms. The molecule has 1 rings (SSSR count). The van der Waals surface area contributed by atoms with E-state index in [1.807, 2.05) is 10.9 Å². The van der Waals surface area contributed by atoms with Gasteiger partial charge in [0.15, 0.2) is 5.75 Å². The van der Waals surface area contributed by atoms with Gasteiger partial charge >= 0.3 is 0 Å². The molecule has 0 unspecified atom stereocenters. The number of ether oxygens (including phenoxy) is 1. The lowest BCUT2D eigenvalue weighted by atomic mass is 10.2. The van der Waals surface area contributed by atoms with E-state index in [-0.39, 0.29) is 0 Å². The number of aryl methyl sites for hydroxylation is 1. The average Bonchev–Trinajstić information content (AvgIpc) is 2.80. The molecule has 0 aliphatic rings. The maximum absolute atomic E-state index is 5.63. The molecule has 1 N–H and O–H groups in total. The fraction of sp³-hybridized carbons (Fsp3) is 0.786. The van der Waals surface area contributed by atoms with E-state index in [1.165, 1.54) is 19.3 Å². The number of hydrogen-bond donors (Lipinski definition) is 1. The Morgan fingerprint density at radius 2 is 2.06 bits per heavy atom. The van der Waals surface area contributed by atoms with Crippen LogP contribution in [0.4, 0.5) is 0 Å². The number of nitrogens with one attached hydrogen (secondary N) is 1. The molecule has 0 saturated carbocycles. The second-order valence-electron chi connectivity index (χ2n) is 4.90. The van der Waals surface area contributed by atoms with E-state index < -0.39 is 0 Å². The molecule has 0 saturated heterocycles. The molecular weight excluding hydrogens is 226 g/mol. The summed E-state index contributed by atoms with van der Waals surface area (Å²) in [6.07, 6.45) is 8.63. The van der Waals surface area contributed by atoms with Crippen molar-refractivity contribution in [2.24, 2.45) is 0 Å². The Labute approximate surface area is 111 Å². The molecular formula is C14H27N3O. The van der Waals surface area contributed by atoms with E-state index in [2.05, 4.69) is 31.2 Å². The minimum Gasteiger partial charge on any atom is -0.490 e. The van der Waals surface area contributed by atoms with Crippen LogP contribution in [0.15, 0.2) is 12.4 Å². The van der Waals surface area contributed by atoms with Crippen LogP contribution in [0.1, 0.15) is 46.5 Å². The van der Waals surface area contributed by atoms with Gasteiger partial charge < -0.3 is 10.1 Å². The maximum atomic E-state index is 5.63. The van der Waals surface area contributed by atoms with Crippen LogP contribution in [0.25, 0.3) is 0 Å². The predicted octanol–water partition coefficient (Wildman–Crippen LogP) is 2.84. The van der Waals surface area contributed by atoms with E-state index in [0.29, 0.717) is 6.04 Å². The van der Waals surface area contributed by atoms with E-state index in [9.17, 15) is 0 Å². The Kier molecular flexibility index (Phi) is 7.49. The van der Waals surface area contributed by atoms with Crippen molar-refractivity contribution in [1.82, 2.24) is 15.1 Å². The number of unbranched alkanes of at least 4 members (excludes halogenated alkanes) is 3. The van der Waals surface area contributed by atoms with E-state index >= 15 is 0 Å². The van der Waals surface area contributed by atoms with Crippen LogP contribution in [0, 0.1) is 0 Å². The van der Waals surface area contributed by atoms with Crippen LogP contribution >= 0.6 is 0 Å². The van der Waals surface area contributed by atoms with Crippen molar-refractivity contribution in [2.75, 3.05) is 13.2 Å². The summed E-state index contributed by atoms with van der Waals surface area (Å²) in [5.41, 5.74) is 0. The quantitative estimate of drug-likeness (QED) is 0.652. The highest BCUT2D eigenvalue weighted by Crippen LogP contribution is 2.09. The standard InChI is InChI=1S/C14H27N3O/c1-4-17-12-14(11-16-17)18-10-8-6-5-7-9-15-13(2)3/h11-13,15H,4-10H2,1-3H3. The summed E-state index contributed by atoms with van der Waals surface area (Å²) < 4.78 is 7.52. The van der Waals surface area contributed by atoms with Gasteiger partial charge in [0.1, 0.15) is 0 Å². The summed E-state index contributed by atoms with van der Waals surface area (Å²) in [5, 5.41) is 7.60. The lowest BCUT2D eigenvalue weighted by molar-refractivity contribution is 0.304. The second-order valence-corrected chi connectivity index (χ2v) is 4.90. The summed E-state index contributed by atoms with van der Waals surface area (Å²) in [4.78, 5) is 0.